The minimum absolute atomic E-state index is 0.260. The van der Waals surface area contributed by atoms with Gasteiger partial charge in [0.1, 0.15) is 12.3 Å². The second kappa shape index (κ2) is 3.69. The van der Waals surface area contributed by atoms with Gasteiger partial charge in [-0.05, 0) is 19.8 Å². The number of nitrogens with one attached hydrogen (secondary N) is 1. The van der Waals surface area contributed by atoms with E-state index in [0.717, 1.165) is 0 Å². The Kier molecular flexibility index (Phi) is 2.84. The predicted molar refractivity (Wildman–Crippen MR) is 38.8 cm³/mol. The summed E-state index contributed by atoms with van der Waals surface area (Å²) in [6.45, 7) is 2.16. The first-order valence-corrected chi connectivity index (χ1v) is 3.84. The largest absolute Gasteiger partial charge is 0.465 e. The monoisotopic (exact) mass is 159 g/mol. The smallest absolute Gasteiger partial charge is 0.323 e. The van der Waals surface area contributed by atoms with E-state index < -0.39 is 6.23 Å². The highest BCUT2D eigenvalue weighted by Crippen LogP contribution is 2.10. The molecule has 2 N–H and O–H groups in total. The van der Waals surface area contributed by atoms with Crippen molar-refractivity contribution in [2.45, 2.75) is 32.0 Å². The fraction of sp³-hybridized carbons (Fsp3) is 0.857. The molecule has 0 amide bonds. The third kappa shape index (κ3) is 2.17. The lowest BCUT2D eigenvalue weighted by molar-refractivity contribution is -0.145. The molecule has 0 aromatic rings. The van der Waals surface area contributed by atoms with Crippen LogP contribution in [0.3, 0.4) is 0 Å². The van der Waals surface area contributed by atoms with Crippen LogP contribution in [-0.4, -0.2) is 30.0 Å². The molecule has 1 saturated heterocycles. The average Bonchev–Trinajstić information content (AvgIpc) is 2.36. The molecule has 1 aliphatic rings. The highest BCUT2D eigenvalue weighted by Gasteiger charge is 2.28. The third-order valence-corrected chi connectivity index (χ3v) is 1.69. The van der Waals surface area contributed by atoms with Crippen LogP contribution in [0.4, 0.5) is 0 Å². The molecular weight excluding hydrogens is 146 g/mol. The maximum absolute atomic E-state index is 11.0. The van der Waals surface area contributed by atoms with Gasteiger partial charge in [0, 0.05) is 0 Å². The fourth-order valence-electron chi connectivity index (χ4n) is 1.15. The summed E-state index contributed by atoms with van der Waals surface area (Å²) >= 11 is 0. The highest BCUT2D eigenvalue weighted by atomic mass is 16.5. The molecule has 0 radical (unpaired) electrons. The second-order valence-electron chi connectivity index (χ2n) is 2.56. The molecule has 0 saturated carbocycles. The van der Waals surface area contributed by atoms with Gasteiger partial charge < -0.3 is 9.84 Å². The number of ether oxygens (including phenoxy) is 1. The van der Waals surface area contributed by atoms with Crippen LogP contribution < -0.4 is 5.32 Å². The molecule has 4 nitrogen and oxygen atoms in total. The Balaban J connectivity index is 2.31. The summed E-state index contributed by atoms with van der Waals surface area (Å²) in [4.78, 5) is 11.0. The summed E-state index contributed by atoms with van der Waals surface area (Å²) in [6, 6.07) is -0.301. The van der Waals surface area contributed by atoms with Gasteiger partial charge in [-0.15, -0.1) is 0 Å². The van der Waals surface area contributed by atoms with E-state index in [2.05, 4.69) is 5.32 Å². The SMILES string of the molecule is CCOC(=O)C1CCC(O)N1. The van der Waals surface area contributed by atoms with Crippen molar-refractivity contribution < 1.29 is 14.6 Å². The highest BCUT2D eigenvalue weighted by molar-refractivity contribution is 5.76. The van der Waals surface area contributed by atoms with Crippen molar-refractivity contribution in [3.05, 3.63) is 0 Å². The van der Waals surface area contributed by atoms with E-state index in [1.165, 1.54) is 0 Å². The topological polar surface area (TPSA) is 58.6 Å². The zero-order valence-corrected chi connectivity index (χ0v) is 6.54. The fourth-order valence-corrected chi connectivity index (χ4v) is 1.15. The van der Waals surface area contributed by atoms with Crippen LogP contribution >= 0.6 is 0 Å². The lowest BCUT2D eigenvalue weighted by Gasteiger charge is -2.08. The van der Waals surface area contributed by atoms with Crippen molar-refractivity contribution in [3.63, 3.8) is 0 Å². The summed E-state index contributed by atoms with van der Waals surface area (Å²) < 4.78 is 4.76. The van der Waals surface area contributed by atoms with Gasteiger partial charge in [-0.25, -0.2) is 0 Å². The number of hydrogen-bond acceptors (Lipinski definition) is 4. The number of carbonyl (C=O) groups excluding carboxylic acids is 1. The molecule has 0 aliphatic carbocycles. The van der Waals surface area contributed by atoms with Gasteiger partial charge in [-0.2, -0.15) is 0 Å². The van der Waals surface area contributed by atoms with Gasteiger partial charge in [0.15, 0.2) is 0 Å². The van der Waals surface area contributed by atoms with Crippen LogP contribution in [0.1, 0.15) is 19.8 Å². The molecule has 1 heterocycles. The number of aliphatic hydroxyl groups excluding tert-OH is 1. The van der Waals surface area contributed by atoms with Gasteiger partial charge in [0.05, 0.1) is 6.61 Å². The number of rotatable bonds is 2. The summed E-state index contributed by atoms with van der Waals surface area (Å²) in [5, 5.41) is 11.7. The van der Waals surface area contributed by atoms with Crippen LogP contribution in [0.25, 0.3) is 0 Å². The lowest BCUT2D eigenvalue weighted by Crippen LogP contribution is -2.36. The molecular formula is C7H13NO3. The van der Waals surface area contributed by atoms with Crippen LogP contribution in [0.15, 0.2) is 0 Å². The van der Waals surface area contributed by atoms with Crippen LogP contribution in [-0.2, 0) is 9.53 Å². The van der Waals surface area contributed by atoms with E-state index >= 15 is 0 Å². The zero-order chi connectivity index (χ0) is 8.27. The number of esters is 1. The van der Waals surface area contributed by atoms with E-state index in [-0.39, 0.29) is 12.0 Å². The molecule has 11 heavy (non-hydrogen) atoms. The molecule has 0 spiro atoms. The summed E-state index contributed by atoms with van der Waals surface area (Å²) in [6.07, 6.45) is 0.758. The van der Waals surface area contributed by atoms with Gasteiger partial charge in [0.25, 0.3) is 0 Å². The van der Waals surface area contributed by atoms with E-state index in [9.17, 15) is 4.79 Å². The Morgan fingerprint density at radius 2 is 2.45 bits per heavy atom. The summed E-state index contributed by atoms with van der Waals surface area (Å²) in [5.74, 6) is -0.260. The third-order valence-electron chi connectivity index (χ3n) is 1.69. The quantitative estimate of drug-likeness (QED) is 0.539. The summed E-state index contributed by atoms with van der Waals surface area (Å²) in [7, 11) is 0. The summed E-state index contributed by atoms with van der Waals surface area (Å²) in [5.41, 5.74) is 0. The average molecular weight is 159 g/mol. The Bertz CT molecular complexity index is 149. The predicted octanol–water partition coefficient (Wildman–Crippen LogP) is -0.380. The van der Waals surface area contributed by atoms with E-state index in [1.54, 1.807) is 6.92 Å². The Hall–Kier alpha value is -0.610. The van der Waals surface area contributed by atoms with Crippen molar-refractivity contribution in [3.8, 4) is 0 Å². The standard InChI is InChI=1S/C7H13NO3/c1-2-11-7(10)5-3-4-6(9)8-5/h5-6,8-9H,2-4H2,1H3. The van der Waals surface area contributed by atoms with Gasteiger partial charge in [-0.1, -0.05) is 0 Å². The van der Waals surface area contributed by atoms with E-state index in [0.29, 0.717) is 19.4 Å². The van der Waals surface area contributed by atoms with Crippen molar-refractivity contribution in [1.29, 1.82) is 0 Å². The van der Waals surface area contributed by atoms with E-state index in [1.807, 2.05) is 0 Å². The van der Waals surface area contributed by atoms with Crippen LogP contribution in [0.2, 0.25) is 0 Å². The van der Waals surface area contributed by atoms with E-state index in [4.69, 9.17) is 9.84 Å². The minimum atomic E-state index is -0.538. The Morgan fingerprint density at radius 1 is 1.73 bits per heavy atom. The number of aliphatic hydroxyl groups is 1. The number of hydrogen-bond donors (Lipinski definition) is 2. The zero-order valence-electron chi connectivity index (χ0n) is 6.54. The first kappa shape index (κ1) is 8.49. The first-order valence-electron chi connectivity index (χ1n) is 3.84. The Morgan fingerprint density at radius 3 is 2.91 bits per heavy atom. The molecule has 1 fully saturated rings. The number of carbonyl (C=O) groups is 1. The molecule has 1 aliphatic heterocycles. The maximum Gasteiger partial charge on any atom is 0.323 e. The van der Waals surface area contributed by atoms with Crippen molar-refractivity contribution in [2.75, 3.05) is 6.61 Å². The van der Waals surface area contributed by atoms with Crippen LogP contribution in [0.5, 0.6) is 0 Å². The van der Waals surface area contributed by atoms with Crippen molar-refractivity contribution in [2.24, 2.45) is 0 Å². The molecule has 1 rings (SSSR count). The molecule has 2 atom stereocenters. The minimum Gasteiger partial charge on any atom is -0.465 e. The Labute approximate surface area is 65.5 Å². The van der Waals surface area contributed by atoms with Gasteiger partial charge in [-0.3, -0.25) is 10.1 Å². The molecule has 4 heteroatoms. The second-order valence-corrected chi connectivity index (χ2v) is 2.56. The molecule has 0 aromatic carbocycles. The molecule has 64 valence electrons. The van der Waals surface area contributed by atoms with Gasteiger partial charge in [0.2, 0.25) is 0 Å². The maximum atomic E-state index is 11.0. The molecule has 2 unspecified atom stereocenters. The first-order chi connectivity index (χ1) is 5.24. The van der Waals surface area contributed by atoms with Crippen LogP contribution in [0, 0.1) is 0 Å². The van der Waals surface area contributed by atoms with Crippen molar-refractivity contribution >= 4 is 5.97 Å². The normalized spacial score (nSPS) is 30.4. The van der Waals surface area contributed by atoms with Gasteiger partial charge >= 0.3 is 5.97 Å². The van der Waals surface area contributed by atoms with Crippen molar-refractivity contribution in [1.82, 2.24) is 5.32 Å². The molecule has 0 aromatic heterocycles. The lowest BCUT2D eigenvalue weighted by atomic mass is 10.2. The molecule has 0 bridgehead atoms.